The van der Waals surface area contributed by atoms with E-state index < -0.39 is 0 Å². The average Bonchev–Trinajstić information content (AvgIpc) is 2.91. The van der Waals surface area contributed by atoms with Crippen LogP contribution in [0.1, 0.15) is 31.5 Å². The second-order valence-electron chi connectivity index (χ2n) is 6.44. The van der Waals surface area contributed by atoms with Crippen molar-refractivity contribution in [3.05, 3.63) is 18.2 Å². The average molecular weight is 293 g/mol. The quantitative estimate of drug-likeness (QED) is 0.849. The molecule has 5 nitrogen and oxygen atoms in total. The zero-order chi connectivity index (χ0) is 14.7. The van der Waals surface area contributed by atoms with Gasteiger partial charge in [0.2, 0.25) is 0 Å². The van der Waals surface area contributed by atoms with Gasteiger partial charge < -0.3 is 18.9 Å². The Labute approximate surface area is 127 Å². The van der Waals surface area contributed by atoms with Gasteiger partial charge in [-0.3, -0.25) is 0 Å². The summed E-state index contributed by atoms with van der Waals surface area (Å²) in [6.45, 7) is 6.73. The third-order valence-corrected chi connectivity index (χ3v) is 5.11. The molecule has 118 valence electrons. The molecule has 0 N–H and O–H groups in total. The fraction of sp³-hybridized carbons (Fsp3) is 0.812. The fourth-order valence-electron chi connectivity index (χ4n) is 3.56. The van der Waals surface area contributed by atoms with Crippen LogP contribution in [0.4, 0.5) is 0 Å². The second kappa shape index (κ2) is 6.46. The lowest BCUT2D eigenvalue weighted by Crippen LogP contribution is -2.50. The van der Waals surface area contributed by atoms with Gasteiger partial charge in [0.05, 0.1) is 5.60 Å². The molecule has 0 amide bonds. The third-order valence-electron chi connectivity index (χ3n) is 5.11. The SMILES string of the molecule is Cc1nccn1CCN(C)[C@@H]1CCOC2(CCOCC2)C1. The Morgan fingerprint density at radius 2 is 2.19 bits per heavy atom. The van der Waals surface area contributed by atoms with Crippen molar-refractivity contribution in [3.8, 4) is 0 Å². The van der Waals surface area contributed by atoms with Gasteiger partial charge in [-0.1, -0.05) is 0 Å². The smallest absolute Gasteiger partial charge is 0.105 e. The van der Waals surface area contributed by atoms with E-state index in [9.17, 15) is 0 Å². The maximum atomic E-state index is 6.13. The first kappa shape index (κ1) is 15.0. The Balaban J connectivity index is 1.54. The molecule has 2 aliphatic rings. The number of ether oxygens (including phenoxy) is 2. The first-order valence-electron chi connectivity index (χ1n) is 8.08. The Morgan fingerprint density at radius 1 is 1.38 bits per heavy atom. The van der Waals surface area contributed by atoms with Gasteiger partial charge in [-0.25, -0.2) is 4.98 Å². The van der Waals surface area contributed by atoms with Crippen LogP contribution in [0, 0.1) is 6.92 Å². The Bertz CT molecular complexity index is 449. The molecule has 0 unspecified atom stereocenters. The van der Waals surface area contributed by atoms with Gasteiger partial charge in [0.1, 0.15) is 5.82 Å². The van der Waals surface area contributed by atoms with E-state index in [4.69, 9.17) is 9.47 Å². The van der Waals surface area contributed by atoms with E-state index in [0.717, 1.165) is 64.4 Å². The highest BCUT2D eigenvalue weighted by Crippen LogP contribution is 2.35. The van der Waals surface area contributed by atoms with E-state index in [0.29, 0.717) is 6.04 Å². The van der Waals surface area contributed by atoms with Crippen LogP contribution in [0.25, 0.3) is 0 Å². The highest BCUT2D eigenvalue weighted by molar-refractivity contribution is 4.93. The lowest BCUT2D eigenvalue weighted by Gasteiger charge is -2.45. The van der Waals surface area contributed by atoms with E-state index in [1.165, 1.54) is 0 Å². The minimum atomic E-state index is 0.0837. The summed E-state index contributed by atoms with van der Waals surface area (Å²) in [5.74, 6) is 1.09. The van der Waals surface area contributed by atoms with Gasteiger partial charge in [0.15, 0.2) is 0 Å². The van der Waals surface area contributed by atoms with Gasteiger partial charge in [-0.15, -0.1) is 0 Å². The van der Waals surface area contributed by atoms with Crippen LogP contribution in [-0.2, 0) is 16.0 Å². The molecule has 0 saturated carbocycles. The van der Waals surface area contributed by atoms with Gasteiger partial charge in [-0.2, -0.15) is 0 Å². The molecule has 1 aromatic heterocycles. The Kier molecular flexibility index (Phi) is 4.62. The van der Waals surface area contributed by atoms with E-state index >= 15 is 0 Å². The monoisotopic (exact) mass is 293 g/mol. The summed E-state index contributed by atoms with van der Waals surface area (Å²) in [5.41, 5.74) is 0.0837. The van der Waals surface area contributed by atoms with E-state index in [2.05, 4.69) is 34.6 Å². The molecule has 5 heteroatoms. The number of hydrogen-bond donors (Lipinski definition) is 0. The number of rotatable bonds is 4. The van der Waals surface area contributed by atoms with Gasteiger partial charge in [0, 0.05) is 51.3 Å². The number of aromatic nitrogens is 2. The molecule has 0 radical (unpaired) electrons. The van der Waals surface area contributed by atoms with Crippen LogP contribution in [-0.4, -0.2) is 59.5 Å². The summed E-state index contributed by atoms with van der Waals surface area (Å²) in [5, 5.41) is 0. The maximum absolute atomic E-state index is 6.13. The Morgan fingerprint density at radius 3 is 2.90 bits per heavy atom. The number of imidazole rings is 1. The number of hydrogen-bond acceptors (Lipinski definition) is 4. The van der Waals surface area contributed by atoms with Gasteiger partial charge >= 0.3 is 0 Å². The van der Waals surface area contributed by atoms with Crippen molar-refractivity contribution < 1.29 is 9.47 Å². The van der Waals surface area contributed by atoms with Crippen LogP contribution >= 0.6 is 0 Å². The molecule has 2 saturated heterocycles. The highest BCUT2D eigenvalue weighted by atomic mass is 16.5. The highest BCUT2D eigenvalue weighted by Gasteiger charge is 2.39. The van der Waals surface area contributed by atoms with Crippen molar-refractivity contribution in [3.63, 3.8) is 0 Å². The molecular weight excluding hydrogens is 266 g/mol. The van der Waals surface area contributed by atoms with Crippen molar-refractivity contribution in [2.45, 2.75) is 50.8 Å². The summed E-state index contributed by atoms with van der Waals surface area (Å²) in [4.78, 5) is 6.79. The van der Waals surface area contributed by atoms with E-state index in [1.807, 2.05) is 6.20 Å². The van der Waals surface area contributed by atoms with Crippen LogP contribution in [0.15, 0.2) is 12.4 Å². The zero-order valence-corrected chi connectivity index (χ0v) is 13.3. The van der Waals surface area contributed by atoms with Crippen molar-refractivity contribution >= 4 is 0 Å². The van der Waals surface area contributed by atoms with E-state index in [-0.39, 0.29) is 5.60 Å². The molecule has 1 spiro atoms. The molecule has 1 atom stereocenters. The van der Waals surface area contributed by atoms with Crippen LogP contribution in [0.2, 0.25) is 0 Å². The normalized spacial score (nSPS) is 25.6. The first-order valence-corrected chi connectivity index (χ1v) is 8.08. The lowest BCUT2D eigenvalue weighted by atomic mass is 9.83. The summed E-state index contributed by atoms with van der Waals surface area (Å²) < 4.78 is 13.9. The fourth-order valence-corrected chi connectivity index (χ4v) is 3.56. The summed E-state index contributed by atoms with van der Waals surface area (Å²) >= 11 is 0. The summed E-state index contributed by atoms with van der Waals surface area (Å²) in [6.07, 6.45) is 8.33. The maximum Gasteiger partial charge on any atom is 0.105 e. The van der Waals surface area contributed by atoms with Crippen LogP contribution in [0.5, 0.6) is 0 Å². The molecule has 2 fully saturated rings. The predicted octanol–water partition coefficient (Wildman–Crippen LogP) is 1.85. The number of nitrogens with zero attached hydrogens (tertiary/aromatic N) is 3. The predicted molar refractivity (Wildman–Crippen MR) is 81.4 cm³/mol. The van der Waals surface area contributed by atoms with E-state index in [1.54, 1.807) is 0 Å². The molecule has 3 heterocycles. The molecule has 2 aliphatic heterocycles. The summed E-state index contributed by atoms with van der Waals surface area (Å²) in [6, 6.07) is 0.626. The third kappa shape index (κ3) is 3.47. The molecule has 1 aromatic rings. The standard InChI is InChI=1S/C16H27N3O2/c1-14-17-6-7-19(14)9-8-18(2)15-3-10-21-16(13-15)4-11-20-12-5-16/h6-7,15H,3-5,8-13H2,1-2H3/t15-/m1/s1. The molecule has 0 bridgehead atoms. The number of aryl methyl sites for hydroxylation is 1. The first-order chi connectivity index (χ1) is 10.2. The minimum Gasteiger partial charge on any atom is -0.381 e. The minimum absolute atomic E-state index is 0.0837. The topological polar surface area (TPSA) is 39.5 Å². The van der Waals surface area contributed by atoms with Crippen molar-refractivity contribution in [1.29, 1.82) is 0 Å². The lowest BCUT2D eigenvalue weighted by molar-refractivity contribution is -0.149. The second-order valence-corrected chi connectivity index (χ2v) is 6.44. The zero-order valence-electron chi connectivity index (χ0n) is 13.3. The Hall–Kier alpha value is -0.910. The largest absolute Gasteiger partial charge is 0.381 e. The van der Waals surface area contributed by atoms with Crippen LogP contribution < -0.4 is 0 Å². The molecule has 21 heavy (non-hydrogen) atoms. The van der Waals surface area contributed by atoms with Crippen molar-refractivity contribution in [1.82, 2.24) is 14.5 Å². The van der Waals surface area contributed by atoms with Crippen molar-refractivity contribution in [2.75, 3.05) is 33.4 Å². The molecular formula is C16H27N3O2. The number of likely N-dealkylation sites (N-methyl/N-ethyl adjacent to an activating group) is 1. The molecule has 0 aromatic carbocycles. The molecule has 3 rings (SSSR count). The van der Waals surface area contributed by atoms with Crippen LogP contribution in [0.3, 0.4) is 0 Å². The molecule has 0 aliphatic carbocycles. The van der Waals surface area contributed by atoms with Gasteiger partial charge in [-0.05, 0) is 39.7 Å². The van der Waals surface area contributed by atoms with Crippen molar-refractivity contribution in [2.24, 2.45) is 0 Å². The van der Waals surface area contributed by atoms with Gasteiger partial charge in [0.25, 0.3) is 0 Å². The summed E-state index contributed by atoms with van der Waals surface area (Å²) in [7, 11) is 2.25.